The van der Waals surface area contributed by atoms with E-state index >= 15 is 0 Å². The van der Waals surface area contributed by atoms with Crippen molar-refractivity contribution in [3.05, 3.63) is 28.2 Å². The fraction of sp³-hybridized carbons (Fsp3) is 0.471. The largest absolute Gasteiger partial charge is 0.335 e. The van der Waals surface area contributed by atoms with Crippen LogP contribution in [0.25, 0.3) is 0 Å². The number of carbonyl (C=O) groups is 3. The van der Waals surface area contributed by atoms with Crippen molar-refractivity contribution in [1.29, 1.82) is 0 Å². The van der Waals surface area contributed by atoms with E-state index in [-0.39, 0.29) is 18.5 Å². The Balaban J connectivity index is 1.53. The number of anilines is 1. The molecule has 1 aliphatic heterocycles. The lowest BCUT2D eigenvalue weighted by molar-refractivity contribution is -0.124. The molecule has 140 valence electrons. The molecule has 1 saturated carbocycles. The van der Waals surface area contributed by atoms with Crippen molar-refractivity contribution >= 4 is 46.7 Å². The lowest BCUT2D eigenvalue weighted by atomic mass is 10.2. The first-order chi connectivity index (χ1) is 12.4. The summed E-state index contributed by atoms with van der Waals surface area (Å²) in [5.74, 6) is -0.658. The molecule has 0 radical (unpaired) electrons. The van der Waals surface area contributed by atoms with Crippen LogP contribution < -0.4 is 16.0 Å². The smallest absolute Gasteiger partial charge is 0.321 e. The Morgan fingerprint density at radius 2 is 1.92 bits per heavy atom. The van der Waals surface area contributed by atoms with E-state index in [1.165, 1.54) is 0 Å². The van der Waals surface area contributed by atoms with Gasteiger partial charge >= 0.3 is 6.03 Å². The third-order valence-electron chi connectivity index (χ3n) is 4.37. The molecular weight excluding hydrogens is 379 g/mol. The topological polar surface area (TPSA) is 90.5 Å². The number of hydrogen-bond acceptors (Lipinski definition) is 4. The van der Waals surface area contributed by atoms with Gasteiger partial charge < -0.3 is 10.6 Å². The van der Waals surface area contributed by atoms with Crippen molar-refractivity contribution in [3.63, 3.8) is 0 Å². The monoisotopic (exact) mass is 398 g/mol. The van der Waals surface area contributed by atoms with E-state index in [1.54, 1.807) is 23.1 Å². The van der Waals surface area contributed by atoms with Crippen molar-refractivity contribution in [2.75, 3.05) is 18.4 Å². The molecule has 0 bridgehead atoms. The number of likely N-dealkylation sites (tertiary alicyclic amines) is 1. The summed E-state index contributed by atoms with van der Waals surface area (Å²) in [6.07, 6.45) is 3.33. The first kappa shape index (κ1) is 18.9. The highest BCUT2D eigenvalue weighted by Crippen LogP contribution is 2.27. The molecule has 2 aliphatic rings. The van der Waals surface area contributed by atoms with E-state index in [4.69, 9.17) is 23.2 Å². The predicted octanol–water partition coefficient (Wildman–Crippen LogP) is 2.38. The van der Waals surface area contributed by atoms with Crippen LogP contribution in [0, 0.1) is 0 Å². The molecular formula is C17H20Cl2N4O3. The maximum absolute atomic E-state index is 12.6. The molecule has 1 aliphatic carbocycles. The van der Waals surface area contributed by atoms with Crippen molar-refractivity contribution in [3.8, 4) is 0 Å². The Kier molecular flexibility index (Phi) is 6.01. The summed E-state index contributed by atoms with van der Waals surface area (Å²) in [7, 11) is 0. The van der Waals surface area contributed by atoms with Crippen molar-refractivity contribution in [2.45, 2.75) is 37.8 Å². The molecule has 2 fully saturated rings. The summed E-state index contributed by atoms with van der Waals surface area (Å²) >= 11 is 11.9. The first-order valence-electron chi connectivity index (χ1n) is 8.52. The minimum Gasteiger partial charge on any atom is -0.335 e. The molecule has 1 aromatic carbocycles. The Bertz CT molecular complexity index is 724. The van der Waals surface area contributed by atoms with Crippen LogP contribution in [0.15, 0.2) is 18.2 Å². The van der Waals surface area contributed by atoms with E-state index in [0.29, 0.717) is 28.7 Å². The van der Waals surface area contributed by atoms with Crippen LogP contribution in [-0.4, -0.2) is 47.9 Å². The van der Waals surface area contributed by atoms with E-state index in [1.807, 2.05) is 0 Å². The second kappa shape index (κ2) is 8.24. The van der Waals surface area contributed by atoms with Crippen LogP contribution in [0.5, 0.6) is 0 Å². The molecule has 4 amide bonds. The summed E-state index contributed by atoms with van der Waals surface area (Å²) in [6.45, 7) is 0.606. The van der Waals surface area contributed by atoms with Gasteiger partial charge in [0.1, 0.15) is 0 Å². The zero-order valence-corrected chi connectivity index (χ0v) is 15.6. The van der Waals surface area contributed by atoms with Crippen LogP contribution in [0.2, 0.25) is 10.0 Å². The Morgan fingerprint density at radius 3 is 2.62 bits per heavy atom. The lowest BCUT2D eigenvalue weighted by Gasteiger charge is -2.23. The maximum Gasteiger partial charge on any atom is 0.321 e. The highest BCUT2D eigenvalue weighted by molar-refractivity contribution is 6.36. The highest BCUT2D eigenvalue weighted by Gasteiger charge is 2.32. The predicted molar refractivity (Wildman–Crippen MR) is 99.4 cm³/mol. The van der Waals surface area contributed by atoms with Gasteiger partial charge in [-0.1, -0.05) is 23.2 Å². The van der Waals surface area contributed by atoms with Crippen molar-refractivity contribution < 1.29 is 14.4 Å². The number of rotatable bonds is 5. The van der Waals surface area contributed by atoms with Gasteiger partial charge in [-0.3, -0.25) is 19.8 Å². The number of benzene rings is 1. The molecule has 1 aromatic rings. The number of imide groups is 1. The Morgan fingerprint density at radius 1 is 1.15 bits per heavy atom. The van der Waals surface area contributed by atoms with E-state index in [0.717, 1.165) is 19.3 Å². The van der Waals surface area contributed by atoms with Crippen molar-refractivity contribution in [2.24, 2.45) is 0 Å². The first-order valence-corrected chi connectivity index (χ1v) is 9.28. The Labute approximate surface area is 161 Å². The van der Waals surface area contributed by atoms with Gasteiger partial charge in [0, 0.05) is 11.1 Å². The van der Waals surface area contributed by atoms with E-state index in [2.05, 4.69) is 16.0 Å². The number of carbonyl (C=O) groups excluding carboxylic acids is 3. The van der Waals surface area contributed by atoms with Gasteiger partial charge in [0.25, 0.3) is 0 Å². The quantitative estimate of drug-likeness (QED) is 0.709. The van der Waals surface area contributed by atoms with Crippen LogP contribution in [-0.2, 0) is 9.59 Å². The summed E-state index contributed by atoms with van der Waals surface area (Å²) in [6, 6.07) is 4.08. The van der Waals surface area contributed by atoms with Crippen LogP contribution in [0.3, 0.4) is 0 Å². The average Bonchev–Trinajstić information content (AvgIpc) is 3.25. The molecule has 3 N–H and O–H groups in total. The molecule has 7 nitrogen and oxygen atoms in total. The number of nitrogens with zero attached hydrogens (tertiary/aromatic N) is 1. The fourth-order valence-electron chi connectivity index (χ4n) is 2.92. The number of amides is 4. The maximum atomic E-state index is 12.6. The molecule has 26 heavy (non-hydrogen) atoms. The minimum absolute atomic E-state index is 0.00940. The summed E-state index contributed by atoms with van der Waals surface area (Å²) in [4.78, 5) is 38.0. The van der Waals surface area contributed by atoms with Crippen LogP contribution in [0.1, 0.15) is 25.7 Å². The molecule has 1 unspecified atom stereocenters. The standard InChI is InChI=1S/C17H20Cl2N4O3/c18-10-3-6-13(12(19)8-10)21-16(25)14-2-1-7-23(14)9-15(24)22-17(26)20-11-4-5-11/h3,6,8,11,14H,1-2,4-5,7,9H2,(H,21,25)(H2,20,22,24,26). The third kappa shape index (κ3) is 5.09. The van der Waals surface area contributed by atoms with Gasteiger partial charge in [-0.05, 0) is 50.4 Å². The third-order valence-corrected chi connectivity index (χ3v) is 4.92. The fourth-order valence-corrected chi connectivity index (χ4v) is 3.37. The minimum atomic E-state index is -0.481. The Hall–Kier alpha value is -1.83. The average molecular weight is 399 g/mol. The molecule has 1 atom stereocenters. The van der Waals surface area contributed by atoms with E-state index < -0.39 is 18.0 Å². The second-order valence-electron chi connectivity index (χ2n) is 6.54. The summed E-state index contributed by atoms with van der Waals surface area (Å²) in [5, 5.41) is 8.61. The molecule has 3 rings (SSSR count). The molecule has 1 heterocycles. The number of nitrogens with one attached hydrogen (secondary N) is 3. The molecule has 0 spiro atoms. The second-order valence-corrected chi connectivity index (χ2v) is 7.38. The van der Waals surface area contributed by atoms with Gasteiger partial charge in [-0.25, -0.2) is 4.79 Å². The zero-order chi connectivity index (χ0) is 18.7. The van der Waals surface area contributed by atoms with E-state index in [9.17, 15) is 14.4 Å². The van der Waals surface area contributed by atoms with Gasteiger partial charge in [-0.2, -0.15) is 0 Å². The number of halogens is 2. The van der Waals surface area contributed by atoms with Gasteiger partial charge in [0.15, 0.2) is 0 Å². The summed E-state index contributed by atoms with van der Waals surface area (Å²) in [5.41, 5.74) is 0.473. The zero-order valence-electron chi connectivity index (χ0n) is 14.1. The van der Waals surface area contributed by atoms with Gasteiger partial charge in [-0.15, -0.1) is 0 Å². The highest BCUT2D eigenvalue weighted by atomic mass is 35.5. The van der Waals surface area contributed by atoms with Gasteiger partial charge in [0.05, 0.1) is 23.3 Å². The molecule has 0 aromatic heterocycles. The summed E-state index contributed by atoms with van der Waals surface area (Å²) < 4.78 is 0. The normalized spacial score (nSPS) is 19.8. The number of hydrogen-bond donors (Lipinski definition) is 3. The SMILES string of the molecule is O=C(CN1CCCC1C(=O)Nc1ccc(Cl)cc1Cl)NC(=O)NC1CC1. The lowest BCUT2D eigenvalue weighted by Crippen LogP contribution is -2.48. The van der Waals surface area contributed by atoms with Gasteiger partial charge in [0.2, 0.25) is 11.8 Å². The van der Waals surface area contributed by atoms with Crippen LogP contribution in [0.4, 0.5) is 10.5 Å². The molecule has 9 heteroatoms. The van der Waals surface area contributed by atoms with Crippen LogP contribution >= 0.6 is 23.2 Å². The van der Waals surface area contributed by atoms with Crippen molar-refractivity contribution in [1.82, 2.24) is 15.5 Å². The number of urea groups is 1. The molecule has 1 saturated heterocycles.